The van der Waals surface area contributed by atoms with Gasteiger partial charge in [0.15, 0.2) is 0 Å². The molecule has 0 aromatic heterocycles. The van der Waals surface area contributed by atoms with Crippen LogP contribution in [0.25, 0.3) is 0 Å². The van der Waals surface area contributed by atoms with E-state index >= 15 is 0 Å². The normalized spacial score (nSPS) is 18.9. The lowest BCUT2D eigenvalue weighted by atomic mass is 9.93. The van der Waals surface area contributed by atoms with Crippen LogP contribution in [0.4, 0.5) is 13.2 Å². The highest BCUT2D eigenvalue weighted by Crippen LogP contribution is 2.29. The number of hydrogen-bond acceptors (Lipinski definition) is 2. The molecule has 114 valence electrons. The molecule has 0 aromatic carbocycles. The standard InChI is InChI=1S/C12H21F3N2O.ClH/c1-9(12(13,14)15)11(18)17-7-4-10(5-8-17)3-6-16-2;/h9-10,16H,3-8H2,1-2H3;1H. The minimum atomic E-state index is -4.43. The molecule has 1 fully saturated rings. The van der Waals surface area contributed by atoms with E-state index in [0.29, 0.717) is 19.0 Å². The van der Waals surface area contributed by atoms with E-state index < -0.39 is 18.0 Å². The molecule has 0 spiro atoms. The summed E-state index contributed by atoms with van der Waals surface area (Å²) in [7, 11) is 1.88. The number of carbonyl (C=O) groups is 1. The summed E-state index contributed by atoms with van der Waals surface area (Å²) in [5.41, 5.74) is 0. The van der Waals surface area contributed by atoms with E-state index in [1.54, 1.807) is 0 Å². The van der Waals surface area contributed by atoms with Crippen LogP contribution in [0.3, 0.4) is 0 Å². The summed E-state index contributed by atoms with van der Waals surface area (Å²) in [5, 5.41) is 3.06. The van der Waals surface area contributed by atoms with Crippen LogP contribution in [0.5, 0.6) is 0 Å². The van der Waals surface area contributed by atoms with Crippen molar-refractivity contribution in [1.82, 2.24) is 10.2 Å². The number of amides is 1. The fourth-order valence-corrected chi connectivity index (χ4v) is 2.20. The number of alkyl halides is 3. The Bertz CT molecular complexity index is 279. The van der Waals surface area contributed by atoms with Gasteiger partial charge < -0.3 is 10.2 Å². The lowest BCUT2D eigenvalue weighted by molar-refractivity contribution is -0.186. The van der Waals surface area contributed by atoms with Gasteiger partial charge in [-0.05, 0) is 45.7 Å². The Labute approximate surface area is 118 Å². The van der Waals surface area contributed by atoms with Crippen molar-refractivity contribution in [2.24, 2.45) is 11.8 Å². The summed E-state index contributed by atoms with van der Waals surface area (Å²) in [6, 6.07) is 0. The summed E-state index contributed by atoms with van der Waals surface area (Å²) in [4.78, 5) is 13.0. The average Bonchev–Trinajstić information content (AvgIpc) is 2.34. The number of piperidine rings is 1. The van der Waals surface area contributed by atoms with Gasteiger partial charge in [0.1, 0.15) is 5.92 Å². The second-order valence-corrected chi connectivity index (χ2v) is 4.92. The molecule has 19 heavy (non-hydrogen) atoms. The summed E-state index contributed by atoms with van der Waals surface area (Å²) in [6.07, 6.45) is -1.80. The van der Waals surface area contributed by atoms with Crippen molar-refractivity contribution in [2.75, 3.05) is 26.7 Å². The number of nitrogens with one attached hydrogen (secondary N) is 1. The lowest BCUT2D eigenvalue weighted by Gasteiger charge is -2.34. The molecular formula is C12H22ClF3N2O. The molecule has 0 saturated carbocycles. The lowest BCUT2D eigenvalue weighted by Crippen LogP contribution is -2.45. The highest BCUT2D eigenvalue weighted by Gasteiger charge is 2.43. The summed E-state index contributed by atoms with van der Waals surface area (Å²) in [6.45, 7) is 2.76. The Hall–Kier alpha value is -0.490. The van der Waals surface area contributed by atoms with Crippen molar-refractivity contribution < 1.29 is 18.0 Å². The maximum Gasteiger partial charge on any atom is 0.400 e. The largest absolute Gasteiger partial charge is 0.400 e. The molecule has 1 N–H and O–H groups in total. The van der Waals surface area contributed by atoms with Crippen LogP contribution in [-0.2, 0) is 4.79 Å². The molecule has 1 aliphatic rings. The Morgan fingerprint density at radius 3 is 2.32 bits per heavy atom. The van der Waals surface area contributed by atoms with E-state index in [0.717, 1.165) is 32.7 Å². The monoisotopic (exact) mass is 302 g/mol. The number of likely N-dealkylation sites (tertiary alicyclic amines) is 1. The Kier molecular flexibility index (Phi) is 7.74. The molecule has 1 rings (SSSR count). The quantitative estimate of drug-likeness (QED) is 0.865. The van der Waals surface area contributed by atoms with Gasteiger partial charge >= 0.3 is 6.18 Å². The van der Waals surface area contributed by atoms with Crippen LogP contribution in [0.2, 0.25) is 0 Å². The minimum absolute atomic E-state index is 0. The van der Waals surface area contributed by atoms with Crippen molar-refractivity contribution >= 4 is 18.3 Å². The highest BCUT2D eigenvalue weighted by atomic mass is 35.5. The van der Waals surface area contributed by atoms with Crippen LogP contribution < -0.4 is 5.32 Å². The number of carbonyl (C=O) groups excluding carboxylic acids is 1. The average molecular weight is 303 g/mol. The van der Waals surface area contributed by atoms with E-state index in [1.165, 1.54) is 4.90 Å². The summed E-state index contributed by atoms with van der Waals surface area (Å²) >= 11 is 0. The SMILES string of the molecule is CNCCC1CCN(C(=O)C(C)C(F)(F)F)CC1.Cl. The zero-order valence-corrected chi connectivity index (χ0v) is 12.1. The summed E-state index contributed by atoms with van der Waals surface area (Å²) in [5.74, 6) is -2.15. The molecule has 7 heteroatoms. The molecule has 0 bridgehead atoms. The molecule has 1 saturated heterocycles. The van der Waals surface area contributed by atoms with Crippen molar-refractivity contribution in [3.63, 3.8) is 0 Å². The smallest absolute Gasteiger partial charge is 0.342 e. The molecule has 3 nitrogen and oxygen atoms in total. The third-order valence-electron chi connectivity index (χ3n) is 3.59. The van der Waals surface area contributed by atoms with Crippen LogP contribution >= 0.6 is 12.4 Å². The molecule has 1 aliphatic heterocycles. The van der Waals surface area contributed by atoms with Gasteiger partial charge in [-0.25, -0.2) is 0 Å². The van der Waals surface area contributed by atoms with Crippen LogP contribution in [0.1, 0.15) is 26.2 Å². The van der Waals surface area contributed by atoms with E-state index in [-0.39, 0.29) is 12.4 Å². The molecule has 1 unspecified atom stereocenters. The Morgan fingerprint density at radius 2 is 1.89 bits per heavy atom. The van der Waals surface area contributed by atoms with Crippen molar-refractivity contribution in [3.8, 4) is 0 Å². The van der Waals surface area contributed by atoms with Crippen LogP contribution in [0, 0.1) is 11.8 Å². The Morgan fingerprint density at radius 1 is 1.37 bits per heavy atom. The highest BCUT2D eigenvalue weighted by molar-refractivity contribution is 5.85. The third-order valence-corrected chi connectivity index (χ3v) is 3.59. The number of hydrogen-bond donors (Lipinski definition) is 1. The number of rotatable bonds is 4. The van der Waals surface area contributed by atoms with E-state index in [9.17, 15) is 18.0 Å². The molecule has 1 atom stereocenters. The van der Waals surface area contributed by atoms with Gasteiger partial charge in [-0.2, -0.15) is 13.2 Å². The first kappa shape index (κ1) is 18.5. The van der Waals surface area contributed by atoms with Crippen molar-refractivity contribution in [3.05, 3.63) is 0 Å². The molecule has 1 heterocycles. The Balaban J connectivity index is 0.00000324. The fraction of sp³-hybridized carbons (Fsp3) is 0.917. The molecule has 0 aromatic rings. The first-order valence-electron chi connectivity index (χ1n) is 6.36. The van der Waals surface area contributed by atoms with Gasteiger partial charge in [-0.15, -0.1) is 12.4 Å². The van der Waals surface area contributed by atoms with E-state index in [1.807, 2.05) is 7.05 Å². The number of nitrogens with zero attached hydrogens (tertiary/aromatic N) is 1. The zero-order chi connectivity index (χ0) is 13.8. The van der Waals surface area contributed by atoms with Gasteiger partial charge in [-0.3, -0.25) is 4.79 Å². The summed E-state index contributed by atoms with van der Waals surface area (Å²) < 4.78 is 37.3. The first-order valence-corrected chi connectivity index (χ1v) is 6.36. The second-order valence-electron chi connectivity index (χ2n) is 4.92. The maximum absolute atomic E-state index is 12.4. The fourth-order valence-electron chi connectivity index (χ4n) is 2.20. The van der Waals surface area contributed by atoms with Gasteiger partial charge in [0.25, 0.3) is 0 Å². The molecular weight excluding hydrogens is 281 g/mol. The van der Waals surface area contributed by atoms with Crippen molar-refractivity contribution in [2.45, 2.75) is 32.4 Å². The maximum atomic E-state index is 12.4. The predicted octanol–water partition coefficient (Wildman–Crippen LogP) is 2.45. The van der Waals surface area contributed by atoms with Gasteiger partial charge in [0, 0.05) is 13.1 Å². The number of halogens is 4. The second kappa shape index (κ2) is 7.94. The first-order chi connectivity index (χ1) is 8.36. The molecule has 1 amide bonds. The topological polar surface area (TPSA) is 32.3 Å². The van der Waals surface area contributed by atoms with Crippen LogP contribution in [-0.4, -0.2) is 43.7 Å². The van der Waals surface area contributed by atoms with Gasteiger partial charge in [-0.1, -0.05) is 0 Å². The molecule has 0 radical (unpaired) electrons. The van der Waals surface area contributed by atoms with Gasteiger partial charge in [0.05, 0.1) is 0 Å². The van der Waals surface area contributed by atoms with Crippen molar-refractivity contribution in [1.29, 1.82) is 0 Å². The molecule has 0 aliphatic carbocycles. The van der Waals surface area contributed by atoms with E-state index in [2.05, 4.69) is 5.32 Å². The zero-order valence-electron chi connectivity index (χ0n) is 11.3. The third kappa shape index (κ3) is 5.57. The predicted molar refractivity (Wildman–Crippen MR) is 70.3 cm³/mol. The van der Waals surface area contributed by atoms with Crippen LogP contribution in [0.15, 0.2) is 0 Å². The minimum Gasteiger partial charge on any atom is -0.342 e. The van der Waals surface area contributed by atoms with Gasteiger partial charge in [0.2, 0.25) is 5.91 Å². The van der Waals surface area contributed by atoms with E-state index in [4.69, 9.17) is 0 Å².